The minimum Gasteiger partial charge on any atom is -0.497 e. The molecule has 0 aliphatic carbocycles. The molecule has 0 spiro atoms. The van der Waals surface area contributed by atoms with Crippen LogP contribution < -0.4 is 24.6 Å². The van der Waals surface area contributed by atoms with Crippen LogP contribution >= 0.6 is 0 Å². The summed E-state index contributed by atoms with van der Waals surface area (Å²) in [4.78, 5) is 15.3. The first-order chi connectivity index (χ1) is 14.2. The van der Waals surface area contributed by atoms with Gasteiger partial charge in [0, 0.05) is 12.1 Å². The lowest BCUT2D eigenvalue weighted by Gasteiger charge is -2.29. The second-order valence-electron chi connectivity index (χ2n) is 7.61. The topological polar surface area (TPSA) is 56.4 Å². The molecule has 29 heavy (non-hydrogen) atoms. The molecule has 156 valence electrons. The molecule has 1 fully saturated rings. The molecule has 1 saturated heterocycles. The van der Waals surface area contributed by atoms with Crippen LogP contribution in [0.5, 0.6) is 11.5 Å². The second kappa shape index (κ2) is 10.8. The van der Waals surface area contributed by atoms with Crippen molar-refractivity contribution in [2.24, 2.45) is 0 Å². The monoisotopic (exact) mass is 399 g/mol. The average Bonchev–Trinajstić information content (AvgIpc) is 2.76. The van der Waals surface area contributed by atoms with E-state index in [0.29, 0.717) is 13.1 Å². The van der Waals surface area contributed by atoms with Gasteiger partial charge in [-0.15, -0.1) is 0 Å². The zero-order chi connectivity index (χ0) is 20.5. The summed E-state index contributed by atoms with van der Waals surface area (Å²) in [5, 5.41) is 3.06. The highest BCUT2D eigenvalue weighted by Crippen LogP contribution is 2.17. The van der Waals surface area contributed by atoms with Gasteiger partial charge in [0.1, 0.15) is 44.2 Å². The first-order valence-electron chi connectivity index (χ1n) is 10.4. The lowest BCUT2D eigenvalue weighted by atomic mass is 10.1. The number of ether oxygens (including phenoxy) is 2. The van der Waals surface area contributed by atoms with E-state index in [0.717, 1.165) is 56.2 Å². The number of quaternary nitrogens is 2. The van der Waals surface area contributed by atoms with Gasteiger partial charge in [0.05, 0.1) is 14.2 Å². The van der Waals surface area contributed by atoms with E-state index in [4.69, 9.17) is 9.47 Å². The number of methoxy groups -OCH3 is 2. The van der Waals surface area contributed by atoms with E-state index in [1.807, 2.05) is 36.4 Å². The largest absolute Gasteiger partial charge is 0.497 e. The van der Waals surface area contributed by atoms with Gasteiger partial charge in [-0.25, -0.2) is 0 Å². The van der Waals surface area contributed by atoms with Crippen LogP contribution in [0.3, 0.4) is 0 Å². The third-order valence-corrected chi connectivity index (χ3v) is 5.60. The minimum atomic E-state index is 0.133. The number of benzene rings is 2. The predicted molar refractivity (Wildman–Crippen MR) is 113 cm³/mol. The SMILES string of the molecule is COc1ccc(C[NH+]2CC[NH+](CC(=O)NCCc3ccccc3OC)CC2)cc1. The van der Waals surface area contributed by atoms with Gasteiger partial charge in [0.15, 0.2) is 6.54 Å². The minimum absolute atomic E-state index is 0.133. The molecule has 0 bridgehead atoms. The molecule has 0 saturated carbocycles. The summed E-state index contributed by atoms with van der Waals surface area (Å²) in [7, 11) is 3.37. The molecule has 0 atom stereocenters. The molecular formula is C23H33N3O3+2. The maximum Gasteiger partial charge on any atom is 0.275 e. The van der Waals surface area contributed by atoms with Gasteiger partial charge >= 0.3 is 0 Å². The Hall–Kier alpha value is -2.57. The van der Waals surface area contributed by atoms with E-state index in [2.05, 4.69) is 17.4 Å². The summed E-state index contributed by atoms with van der Waals surface area (Å²) in [5.74, 6) is 1.91. The number of carbonyl (C=O) groups is 1. The van der Waals surface area contributed by atoms with Crippen LogP contribution in [0.2, 0.25) is 0 Å². The van der Waals surface area contributed by atoms with Crippen molar-refractivity contribution < 1.29 is 24.1 Å². The Kier molecular flexibility index (Phi) is 7.90. The van der Waals surface area contributed by atoms with Crippen molar-refractivity contribution in [3.8, 4) is 11.5 Å². The Morgan fingerprint density at radius 1 is 0.931 bits per heavy atom. The fourth-order valence-electron chi connectivity index (χ4n) is 3.88. The van der Waals surface area contributed by atoms with Gasteiger partial charge in [-0.1, -0.05) is 18.2 Å². The van der Waals surface area contributed by atoms with E-state index >= 15 is 0 Å². The quantitative estimate of drug-likeness (QED) is 0.525. The summed E-state index contributed by atoms with van der Waals surface area (Å²) in [5.41, 5.74) is 2.46. The van der Waals surface area contributed by atoms with E-state index in [1.54, 1.807) is 19.1 Å². The molecule has 6 nitrogen and oxygen atoms in total. The van der Waals surface area contributed by atoms with Gasteiger partial charge < -0.3 is 24.6 Å². The smallest absolute Gasteiger partial charge is 0.275 e. The van der Waals surface area contributed by atoms with Gasteiger partial charge in [-0.3, -0.25) is 4.79 Å². The highest BCUT2D eigenvalue weighted by Gasteiger charge is 2.24. The van der Waals surface area contributed by atoms with Crippen molar-refractivity contribution in [2.45, 2.75) is 13.0 Å². The highest BCUT2D eigenvalue weighted by atomic mass is 16.5. The normalized spacial score (nSPS) is 18.8. The van der Waals surface area contributed by atoms with Crippen LogP contribution in [0.25, 0.3) is 0 Å². The van der Waals surface area contributed by atoms with Gasteiger partial charge in [0.25, 0.3) is 5.91 Å². The zero-order valence-electron chi connectivity index (χ0n) is 17.5. The van der Waals surface area contributed by atoms with Crippen LogP contribution in [-0.2, 0) is 17.8 Å². The van der Waals surface area contributed by atoms with E-state index in [1.165, 1.54) is 10.5 Å². The number of carbonyl (C=O) groups excluding carboxylic acids is 1. The van der Waals surface area contributed by atoms with E-state index in [-0.39, 0.29) is 5.91 Å². The van der Waals surface area contributed by atoms with Crippen LogP contribution in [-0.4, -0.2) is 59.4 Å². The van der Waals surface area contributed by atoms with Crippen molar-refractivity contribution >= 4 is 5.91 Å². The number of hydrogen-bond donors (Lipinski definition) is 3. The summed E-state index contributed by atoms with van der Waals surface area (Å²) in [6.07, 6.45) is 0.783. The Labute approximate surface area is 173 Å². The number of piperazine rings is 1. The highest BCUT2D eigenvalue weighted by molar-refractivity contribution is 5.76. The second-order valence-corrected chi connectivity index (χ2v) is 7.61. The summed E-state index contributed by atoms with van der Waals surface area (Å²) in [6, 6.07) is 16.3. The van der Waals surface area contributed by atoms with Crippen LogP contribution in [0.15, 0.2) is 48.5 Å². The molecule has 0 aromatic heterocycles. The molecule has 2 aromatic rings. The molecular weight excluding hydrogens is 366 g/mol. The number of para-hydroxylation sites is 1. The molecule has 3 N–H and O–H groups in total. The maximum atomic E-state index is 12.3. The average molecular weight is 400 g/mol. The zero-order valence-corrected chi connectivity index (χ0v) is 17.5. The van der Waals surface area contributed by atoms with Crippen molar-refractivity contribution in [3.05, 3.63) is 59.7 Å². The summed E-state index contributed by atoms with van der Waals surface area (Å²) < 4.78 is 10.6. The predicted octanol–water partition coefficient (Wildman–Crippen LogP) is -0.654. The number of rotatable bonds is 9. The lowest BCUT2D eigenvalue weighted by Crippen LogP contribution is -3.28. The first-order valence-corrected chi connectivity index (χ1v) is 10.4. The van der Waals surface area contributed by atoms with Crippen LogP contribution in [0.1, 0.15) is 11.1 Å². The Morgan fingerprint density at radius 2 is 1.62 bits per heavy atom. The molecule has 0 unspecified atom stereocenters. The van der Waals surface area contributed by atoms with Crippen molar-refractivity contribution in [2.75, 3.05) is 53.5 Å². The van der Waals surface area contributed by atoms with Gasteiger partial charge in [0.2, 0.25) is 0 Å². The molecule has 2 aromatic carbocycles. The Morgan fingerprint density at radius 3 is 2.31 bits per heavy atom. The van der Waals surface area contributed by atoms with Gasteiger partial charge in [-0.2, -0.15) is 0 Å². The van der Waals surface area contributed by atoms with Crippen LogP contribution in [0.4, 0.5) is 0 Å². The first kappa shape index (κ1) is 21.1. The fraction of sp³-hybridized carbons (Fsp3) is 0.435. The maximum absolute atomic E-state index is 12.3. The van der Waals surface area contributed by atoms with Crippen LogP contribution in [0, 0.1) is 0 Å². The number of amides is 1. The summed E-state index contributed by atoms with van der Waals surface area (Å²) in [6.45, 7) is 6.48. The molecule has 0 radical (unpaired) electrons. The Balaban J connectivity index is 1.35. The standard InChI is InChI=1S/C23H31N3O3/c1-28-21-9-7-19(8-10-21)17-25-13-15-26(16-14-25)18-23(27)24-12-11-20-5-3-4-6-22(20)29-2/h3-10H,11-18H2,1-2H3,(H,24,27)/p+2. The van der Waals surface area contributed by atoms with E-state index < -0.39 is 0 Å². The molecule has 1 aliphatic heterocycles. The molecule has 1 heterocycles. The molecule has 1 aliphatic rings. The molecule has 1 amide bonds. The van der Waals surface area contributed by atoms with Crippen molar-refractivity contribution in [3.63, 3.8) is 0 Å². The third kappa shape index (κ3) is 6.48. The number of nitrogens with one attached hydrogen (secondary N) is 3. The van der Waals surface area contributed by atoms with Gasteiger partial charge in [-0.05, 0) is 42.3 Å². The van der Waals surface area contributed by atoms with E-state index in [9.17, 15) is 4.79 Å². The Bertz CT molecular complexity index is 771. The van der Waals surface area contributed by atoms with Crippen molar-refractivity contribution in [1.82, 2.24) is 5.32 Å². The molecule has 3 rings (SSSR count). The summed E-state index contributed by atoms with van der Waals surface area (Å²) >= 11 is 0. The number of hydrogen-bond acceptors (Lipinski definition) is 3. The molecule has 6 heteroatoms. The fourth-order valence-corrected chi connectivity index (χ4v) is 3.88. The lowest BCUT2D eigenvalue weighted by molar-refractivity contribution is -1.02. The third-order valence-electron chi connectivity index (χ3n) is 5.60. The van der Waals surface area contributed by atoms with Crippen molar-refractivity contribution in [1.29, 1.82) is 0 Å².